The first-order valence-electron chi connectivity index (χ1n) is 5.50. The van der Waals surface area contributed by atoms with E-state index < -0.39 is 20.8 Å². The first-order valence-corrected chi connectivity index (χ1v) is 9.66. The second-order valence-electron chi connectivity index (χ2n) is 4.94. The normalized spacial score (nSPS) is 13.4. The van der Waals surface area contributed by atoms with Gasteiger partial charge in [-0.2, -0.15) is 5.26 Å². The van der Waals surface area contributed by atoms with Crippen molar-refractivity contribution in [3.63, 3.8) is 0 Å². The van der Waals surface area contributed by atoms with Crippen molar-refractivity contribution in [2.45, 2.75) is 32.2 Å². The molecule has 0 heterocycles. The summed E-state index contributed by atoms with van der Waals surface area (Å²) < 4.78 is 30.9. The Balaban J connectivity index is 3.23. The summed E-state index contributed by atoms with van der Waals surface area (Å²) in [6, 6.07) is 4.19. The van der Waals surface area contributed by atoms with Crippen LogP contribution in [0, 0.1) is 11.3 Å². The van der Waals surface area contributed by atoms with Crippen molar-refractivity contribution in [3.8, 4) is 6.07 Å². The van der Waals surface area contributed by atoms with E-state index >= 15 is 0 Å². The van der Waals surface area contributed by atoms with Crippen LogP contribution in [0.4, 0.5) is 8.78 Å². The van der Waals surface area contributed by atoms with Gasteiger partial charge in [-0.05, 0) is 31.8 Å². The lowest BCUT2D eigenvalue weighted by molar-refractivity contribution is 0.151. The van der Waals surface area contributed by atoms with Gasteiger partial charge in [-0.25, -0.2) is 8.78 Å². The molecule has 1 rings (SSSR count). The summed E-state index contributed by atoms with van der Waals surface area (Å²) in [5.41, 5.74) is -0.0268. The maximum atomic E-state index is 12.6. The molecule has 0 aromatic heterocycles. The van der Waals surface area contributed by atoms with Gasteiger partial charge in [-0.15, -0.1) is 0 Å². The zero-order valence-corrected chi connectivity index (χ0v) is 13.2. The molecule has 0 N–H and O–H groups in total. The van der Waals surface area contributed by atoms with Gasteiger partial charge in [0.25, 0.3) is 6.43 Å². The van der Waals surface area contributed by atoms with Crippen molar-refractivity contribution in [2.24, 2.45) is 0 Å². The largest absolute Gasteiger partial charge is 0.399 e. The number of benzene rings is 1. The van der Waals surface area contributed by atoms with E-state index in [9.17, 15) is 8.78 Å². The van der Waals surface area contributed by atoms with Crippen LogP contribution >= 0.6 is 23.2 Å². The first kappa shape index (κ1) is 16.4. The molecule has 0 aliphatic rings. The molecule has 104 valence electrons. The molecule has 0 bridgehead atoms. The lowest BCUT2D eigenvalue weighted by atomic mass is 10.1. The van der Waals surface area contributed by atoms with Crippen LogP contribution in [0.5, 0.6) is 0 Å². The highest BCUT2D eigenvalue weighted by Crippen LogP contribution is 2.37. The number of hydrogen-bond donors (Lipinski definition) is 0. The molecule has 0 amide bonds. The molecule has 0 saturated heterocycles. The van der Waals surface area contributed by atoms with Crippen molar-refractivity contribution < 1.29 is 13.2 Å². The van der Waals surface area contributed by atoms with E-state index in [4.69, 9.17) is 32.9 Å². The highest BCUT2D eigenvalue weighted by molar-refractivity contribution is 6.69. The Bertz CT molecular complexity index is 488. The molecule has 7 heteroatoms. The molecule has 0 fully saturated rings. The summed E-state index contributed by atoms with van der Waals surface area (Å²) in [5, 5.41) is 9.19. The van der Waals surface area contributed by atoms with E-state index in [-0.39, 0.29) is 21.2 Å². The minimum atomic E-state index is -2.66. The summed E-state index contributed by atoms with van der Waals surface area (Å²) in [6.07, 6.45) is -3.61. The highest BCUT2D eigenvalue weighted by Gasteiger charge is 2.26. The molecule has 19 heavy (non-hydrogen) atoms. The van der Waals surface area contributed by atoms with Gasteiger partial charge < -0.3 is 4.43 Å². The van der Waals surface area contributed by atoms with E-state index in [1.165, 1.54) is 0 Å². The summed E-state index contributed by atoms with van der Waals surface area (Å²) in [7, 11) is -1.99. The third-order valence-electron chi connectivity index (χ3n) is 2.20. The SMILES string of the molecule is C[Si](C)(C)OC(C#N)c1c(Cl)cc(C(F)F)cc1Cl. The molecule has 1 aromatic rings. The fourth-order valence-corrected chi connectivity index (χ4v) is 3.06. The predicted molar refractivity (Wildman–Crippen MR) is 74.2 cm³/mol. The zero-order chi connectivity index (χ0) is 14.8. The maximum Gasteiger partial charge on any atom is 0.263 e. The van der Waals surface area contributed by atoms with Gasteiger partial charge in [-0.1, -0.05) is 23.2 Å². The Morgan fingerprint density at radius 1 is 1.21 bits per heavy atom. The van der Waals surface area contributed by atoms with Crippen LogP contribution in [0.25, 0.3) is 0 Å². The topological polar surface area (TPSA) is 33.0 Å². The van der Waals surface area contributed by atoms with E-state index in [0.717, 1.165) is 12.1 Å². The van der Waals surface area contributed by atoms with Crippen molar-refractivity contribution in [1.82, 2.24) is 0 Å². The van der Waals surface area contributed by atoms with Crippen LogP contribution in [0.15, 0.2) is 12.1 Å². The average Bonchev–Trinajstić information content (AvgIpc) is 2.24. The van der Waals surface area contributed by atoms with Gasteiger partial charge in [0.2, 0.25) is 0 Å². The molecule has 0 aliphatic carbocycles. The minimum absolute atomic E-state index is 0.0209. The fraction of sp³-hybridized carbons (Fsp3) is 0.417. The lowest BCUT2D eigenvalue weighted by Crippen LogP contribution is -2.27. The Morgan fingerprint density at radius 3 is 2.00 bits per heavy atom. The van der Waals surface area contributed by atoms with Crippen LogP contribution in [0.1, 0.15) is 23.7 Å². The number of halogens is 4. The van der Waals surface area contributed by atoms with Crippen LogP contribution in [0.2, 0.25) is 29.7 Å². The average molecular weight is 324 g/mol. The van der Waals surface area contributed by atoms with E-state index in [1.54, 1.807) is 0 Å². The molecular formula is C12H13Cl2F2NOSi. The summed E-state index contributed by atoms with van der Waals surface area (Å²) in [6.45, 7) is 5.73. The Labute approximate surface area is 122 Å². The number of nitrogens with zero attached hydrogens (tertiary/aromatic N) is 1. The Hall–Kier alpha value is -0.673. The second kappa shape index (κ2) is 6.19. The molecule has 1 atom stereocenters. The molecular weight excluding hydrogens is 311 g/mol. The van der Waals surface area contributed by atoms with Crippen molar-refractivity contribution in [2.75, 3.05) is 0 Å². The van der Waals surface area contributed by atoms with Gasteiger partial charge in [0, 0.05) is 21.2 Å². The highest BCUT2D eigenvalue weighted by atomic mass is 35.5. The number of rotatable bonds is 4. The molecule has 1 aromatic carbocycles. The minimum Gasteiger partial charge on any atom is -0.399 e. The Morgan fingerprint density at radius 2 is 1.68 bits per heavy atom. The van der Waals surface area contributed by atoms with Crippen molar-refractivity contribution in [1.29, 1.82) is 5.26 Å². The summed E-state index contributed by atoms with van der Waals surface area (Å²) in [5.74, 6) is 0. The molecule has 0 aliphatic heterocycles. The molecule has 1 unspecified atom stereocenters. The van der Waals surface area contributed by atoms with Gasteiger partial charge in [0.15, 0.2) is 14.4 Å². The van der Waals surface area contributed by atoms with Crippen LogP contribution in [-0.4, -0.2) is 8.32 Å². The maximum absolute atomic E-state index is 12.6. The van der Waals surface area contributed by atoms with Crippen molar-refractivity contribution >= 4 is 31.5 Å². The Kier molecular flexibility index (Phi) is 5.33. The smallest absolute Gasteiger partial charge is 0.263 e. The third kappa shape index (κ3) is 4.43. The van der Waals surface area contributed by atoms with Gasteiger partial charge in [-0.3, -0.25) is 0 Å². The van der Waals surface area contributed by atoms with Gasteiger partial charge in [0.05, 0.1) is 6.07 Å². The van der Waals surface area contributed by atoms with E-state index in [2.05, 4.69) is 0 Å². The van der Waals surface area contributed by atoms with E-state index in [0.29, 0.717) is 0 Å². The van der Waals surface area contributed by atoms with Crippen LogP contribution in [-0.2, 0) is 4.43 Å². The monoisotopic (exact) mass is 323 g/mol. The van der Waals surface area contributed by atoms with Gasteiger partial charge >= 0.3 is 0 Å². The predicted octanol–water partition coefficient (Wildman–Crippen LogP) is 5.35. The summed E-state index contributed by atoms with van der Waals surface area (Å²) in [4.78, 5) is 0. The van der Waals surface area contributed by atoms with Crippen LogP contribution in [0.3, 0.4) is 0 Å². The van der Waals surface area contributed by atoms with E-state index in [1.807, 2.05) is 25.7 Å². The lowest BCUT2D eigenvalue weighted by Gasteiger charge is -2.23. The quantitative estimate of drug-likeness (QED) is 0.700. The second-order valence-corrected chi connectivity index (χ2v) is 10.2. The first-order chi connectivity index (χ1) is 8.65. The standard InChI is InChI=1S/C12H13Cl2F2NOSi/c1-19(2,3)18-10(6-17)11-8(13)4-7(12(15)16)5-9(11)14/h4-5,10,12H,1-3H3. The molecule has 0 radical (unpaired) electrons. The van der Waals surface area contributed by atoms with Crippen molar-refractivity contribution in [3.05, 3.63) is 33.3 Å². The number of nitriles is 1. The molecule has 0 saturated carbocycles. The number of hydrogen-bond acceptors (Lipinski definition) is 2. The van der Waals surface area contributed by atoms with Gasteiger partial charge in [0.1, 0.15) is 0 Å². The number of alkyl halides is 2. The summed E-state index contributed by atoms with van der Waals surface area (Å²) >= 11 is 11.9. The zero-order valence-electron chi connectivity index (χ0n) is 10.7. The molecule has 2 nitrogen and oxygen atoms in total. The third-order valence-corrected chi connectivity index (χ3v) is 3.77. The van der Waals surface area contributed by atoms with Crippen LogP contribution < -0.4 is 0 Å². The molecule has 0 spiro atoms. The fourth-order valence-electron chi connectivity index (χ4n) is 1.48.